The minimum Gasteiger partial charge on any atom is -0.343 e. The molecule has 1 heterocycles. The van der Waals surface area contributed by atoms with Crippen molar-refractivity contribution in [2.45, 2.75) is 26.8 Å². The summed E-state index contributed by atoms with van der Waals surface area (Å²) in [5.74, 6) is 0. The molecule has 0 bridgehead atoms. The summed E-state index contributed by atoms with van der Waals surface area (Å²) in [5, 5.41) is 1.35. The van der Waals surface area contributed by atoms with E-state index in [4.69, 9.17) is 0 Å². The van der Waals surface area contributed by atoms with Gasteiger partial charge in [-0.2, -0.15) is 0 Å². The summed E-state index contributed by atoms with van der Waals surface area (Å²) in [7, 11) is 0. The number of hydrogen-bond acceptors (Lipinski definition) is 0. The summed E-state index contributed by atoms with van der Waals surface area (Å²) in [6.07, 6.45) is 7.55. The van der Waals surface area contributed by atoms with Crippen LogP contribution in [0.5, 0.6) is 0 Å². The Morgan fingerprint density at radius 2 is 2.13 bits per heavy atom. The average molecular weight is 199 g/mol. The number of nitrogens with zero attached hydrogens (tertiary/aromatic N) is 1. The molecule has 0 saturated heterocycles. The molecule has 78 valence electrons. The Balaban J connectivity index is 2.55. The van der Waals surface area contributed by atoms with Gasteiger partial charge in [-0.05, 0) is 30.4 Å². The van der Waals surface area contributed by atoms with E-state index in [0.717, 1.165) is 13.0 Å². The van der Waals surface area contributed by atoms with Gasteiger partial charge in [-0.1, -0.05) is 37.3 Å². The minimum absolute atomic E-state index is 0.969. The van der Waals surface area contributed by atoms with Gasteiger partial charge in [0.05, 0.1) is 5.52 Å². The molecule has 0 aliphatic carbocycles. The lowest BCUT2D eigenvalue weighted by atomic mass is 10.1. The van der Waals surface area contributed by atoms with E-state index in [1.807, 2.05) is 0 Å². The quantitative estimate of drug-likeness (QED) is 0.663. The summed E-state index contributed by atoms with van der Waals surface area (Å²) < 4.78 is 2.31. The van der Waals surface area contributed by atoms with E-state index in [1.54, 1.807) is 0 Å². The number of fused-ring (bicyclic) bond motifs is 1. The molecule has 0 saturated carbocycles. The second-order valence-corrected chi connectivity index (χ2v) is 3.75. The van der Waals surface area contributed by atoms with Gasteiger partial charge >= 0.3 is 0 Å². The van der Waals surface area contributed by atoms with Gasteiger partial charge in [0.1, 0.15) is 0 Å². The van der Waals surface area contributed by atoms with Crippen LogP contribution in [0.4, 0.5) is 0 Å². The first-order chi connectivity index (χ1) is 7.36. The predicted octanol–water partition coefficient (Wildman–Crippen LogP) is 3.78. The van der Waals surface area contributed by atoms with Crippen molar-refractivity contribution in [3.8, 4) is 0 Å². The van der Waals surface area contributed by atoms with Crippen LogP contribution in [0.1, 0.15) is 19.4 Å². The number of benzene rings is 1. The molecule has 0 aliphatic rings. The van der Waals surface area contributed by atoms with Gasteiger partial charge < -0.3 is 4.57 Å². The molecular weight excluding hydrogens is 182 g/mol. The fourth-order valence-electron chi connectivity index (χ4n) is 2.00. The number of para-hydroxylation sites is 1. The Morgan fingerprint density at radius 3 is 2.87 bits per heavy atom. The first kappa shape index (κ1) is 10.0. The van der Waals surface area contributed by atoms with E-state index in [1.165, 1.54) is 16.5 Å². The Hall–Kier alpha value is -1.50. The van der Waals surface area contributed by atoms with E-state index in [-0.39, 0.29) is 0 Å². The van der Waals surface area contributed by atoms with E-state index < -0.39 is 0 Å². The van der Waals surface area contributed by atoms with Crippen LogP contribution in [0.25, 0.3) is 10.9 Å². The molecular formula is C14H17N. The molecule has 0 unspecified atom stereocenters. The smallest absolute Gasteiger partial charge is 0.0515 e. The Bertz CT molecular complexity index is 477. The first-order valence-corrected chi connectivity index (χ1v) is 5.54. The van der Waals surface area contributed by atoms with Gasteiger partial charge in [-0.25, -0.2) is 0 Å². The lowest BCUT2D eigenvalue weighted by molar-refractivity contribution is 0.855. The molecule has 2 rings (SSSR count). The molecule has 0 fully saturated rings. The molecule has 0 atom stereocenters. The standard InChI is InChI=1S/C14H17N/c1-3-5-10-15-11-9-13-8-6-7-12(4-2)14(13)15/h3,5-9,11H,4,10H2,1-2H3/b5-3+. The summed E-state index contributed by atoms with van der Waals surface area (Å²) in [5.41, 5.74) is 2.82. The van der Waals surface area contributed by atoms with E-state index in [0.29, 0.717) is 0 Å². The van der Waals surface area contributed by atoms with Gasteiger partial charge in [0.25, 0.3) is 0 Å². The van der Waals surface area contributed by atoms with Gasteiger partial charge in [-0.15, -0.1) is 0 Å². The second-order valence-electron chi connectivity index (χ2n) is 3.75. The molecule has 1 nitrogen and oxygen atoms in total. The molecule has 1 aromatic carbocycles. The number of aryl methyl sites for hydroxylation is 1. The molecule has 2 aromatic rings. The lowest BCUT2D eigenvalue weighted by Crippen LogP contribution is -1.95. The third-order valence-electron chi connectivity index (χ3n) is 2.79. The largest absolute Gasteiger partial charge is 0.343 e. The van der Waals surface area contributed by atoms with Gasteiger partial charge in [0.15, 0.2) is 0 Å². The average Bonchev–Trinajstić information content (AvgIpc) is 2.69. The highest BCUT2D eigenvalue weighted by Crippen LogP contribution is 2.20. The first-order valence-electron chi connectivity index (χ1n) is 5.54. The zero-order valence-corrected chi connectivity index (χ0v) is 9.40. The van der Waals surface area contributed by atoms with Crippen molar-refractivity contribution >= 4 is 10.9 Å². The number of allylic oxidation sites excluding steroid dienone is 2. The highest BCUT2D eigenvalue weighted by Gasteiger charge is 2.03. The summed E-state index contributed by atoms with van der Waals surface area (Å²) in [6, 6.07) is 8.73. The van der Waals surface area contributed by atoms with Crippen LogP contribution in [0, 0.1) is 0 Å². The summed E-state index contributed by atoms with van der Waals surface area (Å²) in [6.45, 7) is 5.24. The zero-order valence-electron chi connectivity index (χ0n) is 9.40. The van der Waals surface area contributed by atoms with Crippen molar-refractivity contribution < 1.29 is 0 Å². The van der Waals surface area contributed by atoms with Crippen LogP contribution < -0.4 is 0 Å². The molecule has 0 aliphatic heterocycles. The number of rotatable bonds is 3. The van der Waals surface area contributed by atoms with E-state index in [9.17, 15) is 0 Å². The molecule has 1 heteroatoms. The fourth-order valence-corrected chi connectivity index (χ4v) is 2.00. The monoisotopic (exact) mass is 199 g/mol. The maximum atomic E-state index is 2.31. The SMILES string of the molecule is C/C=C/Cn1ccc2cccc(CC)c21. The Kier molecular flexibility index (Phi) is 2.91. The number of hydrogen-bond donors (Lipinski definition) is 0. The van der Waals surface area contributed by atoms with Crippen molar-refractivity contribution in [2.24, 2.45) is 0 Å². The molecule has 0 radical (unpaired) electrons. The van der Waals surface area contributed by atoms with Crippen LogP contribution >= 0.6 is 0 Å². The Morgan fingerprint density at radius 1 is 1.27 bits per heavy atom. The van der Waals surface area contributed by atoms with E-state index in [2.05, 4.69) is 61.0 Å². The van der Waals surface area contributed by atoms with Crippen LogP contribution in [-0.4, -0.2) is 4.57 Å². The minimum atomic E-state index is 0.969. The third kappa shape index (κ3) is 1.82. The molecule has 0 amide bonds. The molecule has 0 spiro atoms. The second kappa shape index (κ2) is 4.35. The van der Waals surface area contributed by atoms with Crippen molar-refractivity contribution in [1.82, 2.24) is 4.57 Å². The van der Waals surface area contributed by atoms with Gasteiger partial charge in [0.2, 0.25) is 0 Å². The van der Waals surface area contributed by atoms with Crippen molar-refractivity contribution in [2.75, 3.05) is 0 Å². The molecule has 0 N–H and O–H groups in total. The predicted molar refractivity (Wildman–Crippen MR) is 66.1 cm³/mol. The van der Waals surface area contributed by atoms with Crippen molar-refractivity contribution in [1.29, 1.82) is 0 Å². The van der Waals surface area contributed by atoms with Crippen LogP contribution in [-0.2, 0) is 13.0 Å². The highest BCUT2D eigenvalue weighted by atomic mass is 14.9. The molecule has 1 aromatic heterocycles. The highest BCUT2D eigenvalue weighted by molar-refractivity contribution is 5.83. The van der Waals surface area contributed by atoms with Crippen LogP contribution in [0.15, 0.2) is 42.6 Å². The van der Waals surface area contributed by atoms with Crippen LogP contribution in [0.3, 0.4) is 0 Å². The maximum absolute atomic E-state index is 2.31. The van der Waals surface area contributed by atoms with Gasteiger partial charge in [-0.3, -0.25) is 0 Å². The summed E-state index contributed by atoms with van der Waals surface area (Å²) in [4.78, 5) is 0. The normalized spacial score (nSPS) is 11.6. The van der Waals surface area contributed by atoms with Gasteiger partial charge in [0, 0.05) is 12.7 Å². The van der Waals surface area contributed by atoms with Crippen molar-refractivity contribution in [3.63, 3.8) is 0 Å². The topological polar surface area (TPSA) is 4.93 Å². The molecule has 15 heavy (non-hydrogen) atoms. The van der Waals surface area contributed by atoms with Crippen molar-refractivity contribution in [3.05, 3.63) is 48.2 Å². The Labute approximate surface area is 91.0 Å². The third-order valence-corrected chi connectivity index (χ3v) is 2.79. The lowest BCUT2D eigenvalue weighted by Gasteiger charge is -2.06. The van der Waals surface area contributed by atoms with E-state index >= 15 is 0 Å². The summed E-state index contributed by atoms with van der Waals surface area (Å²) >= 11 is 0. The fraction of sp³-hybridized carbons (Fsp3) is 0.286. The number of aromatic nitrogens is 1. The van der Waals surface area contributed by atoms with Crippen LogP contribution in [0.2, 0.25) is 0 Å². The zero-order chi connectivity index (χ0) is 10.7. The maximum Gasteiger partial charge on any atom is 0.0515 e.